The highest BCUT2D eigenvalue weighted by Crippen LogP contribution is 2.35. The summed E-state index contributed by atoms with van der Waals surface area (Å²) in [5.41, 5.74) is 0.946. The van der Waals surface area contributed by atoms with Gasteiger partial charge in [-0.3, -0.25) is 0 Å². The van der Waals surface area contributed by atoms with Crippen molar-refractivity contribution in [2.75, 3.05) is 0 Å². The average Bonchev–Trinajstić information content (AvgIpc) is 3.29. The summed E-state index contributed by atoms with van der Waals surface area (Å²) in [7, 11) is 0. The minimum absolute atomic E-state index is 0.0989. The third kappa shape index (κ3) is 3.11. The molecule has 0 fully saturated rings. The summed E-state index contributed by atoms with van der Waals surface area (Å²) < 4.78 is 19.7. The van der Waals surface area contributed by atoms with Gasteiger partial charge in [-0.05, 0) is 31.2 Å². The molecule has 4 rings (SSSR count). The number of rotatable bonds is 4. The molecule has 0 spiro atoms. The summed E-state index contributed by atoms with van der Waals surface area (Å²) in [6, 6.07) is 10.5. The zero-order chi connectivity index (χ0) is 19.8. The Morgan fingerprint density at radius 3 is 2.79 bits per heavy atom. The number of aromatic carboxylic acids is 1. The van der Waals surface area contributed by atoms with Gasteiger partial charge in [-0.25, -0.2) is 9.18 Å². The van der Waals surface area contributed by atoms with Crippen molar-refractivity contribution in [3.05, 3.63) is 70.3 Å². The lowest BCUT2D eigenvalue weighted by Gasteiger charge is -2.12. The zero-order valence-corrected chi connectivity index (χ0v) is 15.2. The van der Waals surface area contributed by atoms with Crippen LogP contribution in [0.3, 0.4) is 0 Å². The second kappa shape index (κ2) is 7.05. The topological polar surface area (TPSA) is 97.8 Å². The molecule has 7 nitrogen and oxygen atoms in total. The number of halogens is 2. The van der Waals surface area contributed by atoms with Gasteiger partial charge in [0.25, 0.3) is 0 Å². The van der Waals surface area contributed by atoms with Crippen LogP contribution < -0.4 is 0 Å². The van der Waals surface area contributed by atoms with Crippen molar-refractivity contribution in [2.45, 2.75) is 18.9 Å². The maximum absolute atomic E-state index is 14.4. The first-order valence-electron chi connectivity index (χ1n) is 8.31. The minimum Gasteiger partial charge on any atom is -0.478 e. The van der Waals surface area contributed by atoms with Crippen LogP contribution in [0, 0.1) is 5.82 Å². The fourth-order valence-electron chi connectivity index (χ4n) is 3.01. The number of oxime groups is 1. The second-order valence-corrected chi connectivity index (χ2v) is 6.61. The predicted molar refractivity (Wildman–Crippen MR) is 97.9 cm³/mol. The molecule has 1 aliphatic heterocycles. The van der Waals surface area contributed by atoms with Gasteiger partial charge in [0.1, 0.15) is 23.6 Å². The first-order chi connectivity index (χ1) is 13.5. The Labute approximate surface area is 163 Å². The van der Waals surface area contributed by atoms with E-state index in [-0.39, 0.29) is 33.6 Å². The number of carboxylic acids is 1. The lowest BCUT2D eigenvalue weighted by molar-refractivity contribution is 0.0697. The fourth-order valence-corrected chi connectivity index (χ4v) is 3.27. The molecule has 28 heavy (non-hydrogen) atoms. The molecule has 0 radical (unpaired) electrons. The minimum atomic E-state index is -1.06. The molecule has 0 saturated carbocycles. The van der Waals surface area contributed by atoms with Gasteiger partial charge in [0.15, 0.2) is 0 Å². The maximum atomic E-state index is 14.4. The van der Waals surface area contributed by atoms with Crippen molar-refractivity contribution >= 4 is 23.3 Å². The Kier molecular flexibility index (Phi) is 4.56. The first kappa shape index (κ1) is 18.1. The van der Waals surface area contributed by atoms with Crippen molar-refractivity contribution in [1.82, 2.24) is 10.1 Å². The molecule has 1 N–H and O–H groups in total. The van der Waals surface area contributed by atoms with Crippen LogP contribution in [0.1, 0.15) is 34.7 Å². The number of hydrogen-bond acceptors (Lipinski definition) is 6. The van der Waals surface area contributed by atoms with E-state index < -0.39 is 23.8 Å². The summed E-state index contributed by atoms with van der Waals surface area (Å²) in [4.78, 5) is 20.8. The summed E-state index contributed by atoms with van der Waals surface area (Å²) in [5.74, 6) is -1.86. The van der Waals surface area contributed by atoms with Crippen molar-refractivity contribution in [1.29, 1.82) is 0 Å². The van der Waals surface area contributed by atoms with Crippen molar-refractivity contribution in [3.8, 4) is 11.4 Å². The van der Waals surface area contributed by atoms with Gasteiger partial charge in [0.05, 0.1) is 16.1 Å². The van der Waals surface area contributed by atoms with E-state index in [1.54, 1.807) is 25.1 Å². The number of hydrogen-bond donors (Lipinski definition) is 1. The largest absolute Gasteiger partial charge is 0.478 e. The molecule has 1 aliphatic rings. The van der Waals surface area contributed by atoms with E-state index in [0.717, 1.165) is 0 Å². The highest BCUT2D eigenvalue weighted by Gasteiger charge is 2.39. The van der Waals surface area contributed by atoms with Gasteiger partial charge in [-0.2, -0.15) is 4.98 Å². The van der Waals surface area contributed by atoms with Crippen molar-refractivity contribution in [3.63, 3.8) is 0 Å². The lowest BCUT2D eigenvalue weighted by atomic mass is 9.92. The molecule has 2 heterocycles. The van der Waals surface area contributed by atoms with E-state index in [4.69, 9.17) is 26.1 Å². The van der Waals surface area contributed by atoms with Gasteiger partial charge >= 0.3 is 5.97 Å². The summed E-state index contributed by atoms with van der Waals surface area (Å²) in [6.45, 7) is 1.74. The molecule has 1 aromatic heterocycles. The van der Waals surface area contributed by atoms with Crippen LogP contribution in [0.4, 0.5) is 4.39 Å². The van der Waals surface area contributed by atoms with Gasteiger partial charge in [-0.15, -0.1) is 0 Å². The van der Waals surface area contributed by atoms with Crippen molar-refractivity contribution < 1.29 is 23.7 Å². The molecule has 2 aromatic carbocycles. The van der Waals surface area contributed by atoms with E-state index in [9.17, 15) is 9.18 Å². The SMILES string of the molecule is CC1ON=C(c2c(F)cccc2Cl)C1c1nc(-c2cccc(C(=O)O)c2)no1. The number of carboxylic acid groups (broad SMARTS) is 1. The molecule has 0 saturated heterocycles. The standard InChI is InChI=1S/C19H13ClFN3O4/c1-9-14(16(23-27-9)15-12(20)6-3-7-13(15)21)18-22-17(24-28-18)10-4-2-5-11(8-10)19(25)26/h2-9,14H,1H3,(H,25,26). The van der Waals surface area contributed by atoms with E-state index in [2.05, 4.69) is 15.3 Å². The molecule has 9 heteroatoms. The molecule has 2 atom stereocenters. The molecule has 3 aromatic rings. The Balaban J connectivity index is 1.72. The molecule has 0 aliphatic carbocycles. The molecule has 142 valence electrons. The van der Waals surface area contributed by atoms with Gasteiger partial charge in [0.2, 0.25) is 11.7 Å². The molecule has 2 unspecified atom stereocenters. The third-order valence-corrected chi connectivity index (χ3v) is 4.69. The summed E-state index contributed by atoms with van der Waals surface area (Å²) in [5, 5.41) is 17.2. The van der Waals surface area contributed by atoms with Gasteiger partial charge in [-0.1, -0.05) is 40.1 Å². The normalized spacial score (nSPS) is 18.6. The Morgan fingerprint density at radius 2 is 2.04 bits per heavy atom. The third-order valence-electron chi connectivity index (χ3n) is 4.38. The average molecular weight is 402 g/mol. The van der Waals surface area contributed by atoms with Crippen LogP contribution in [0.5, 0.6) is 0 Å². The highest BCUT2D eigenvalue weighted by molar-refractivity contribution is 6.34. The quantitative estimate of drug-likeness (QED) is 0.705. The van der Waals surface area contributed by atoms with Crippen LogP contribution >= 0.6 is 11.6 Å². The van der Waals surface area contributed by atoms with E-state index in [0.29, 0.717) is 5.56 Å². The van der Waals surface area contributed by atoms with Crippen molar-refractivity contribution in [2.24, 2.45) is 5.16 Å². The Morgan fingerprint density at radius 1 is 1.25 bits per heavy atom. The zero-order valence-electron chi connectivity index (χ0n) is 14.5. The smallest absolute Gasteiger partial charge is 0.335 e. The van der Waals surface area contributed by atoms with E-state index in [1.165, 1.54) is 24.3 Å². The summed E-state index contributed by atoms with van der Waals surface area (Å²) >= 11 is 6.16. The number of benzene rings is 2. The lowest BCUT2D eigenvalue weighted by Crippen LogP contribution is -2.21. The van der Waals surface area contributed by atoms with Gasteiger partial charge < -0.3 is 14.5 Å². The van der Waals surface area contributed by atoms with Gasteiger partial charge in [0, 0.05) is 5.56 Å². The second-order valence-electron chi connectivity index (χ2n) is 6.20. The first-order valence-corrected chi connectivity index (χ1v) is 8.69. The Hall–Kier alpha value is -3.26. The van der Waals surface area contributed by atoms with E-state index in [1.807, 2.05) is 0 Å². The predicted octanol–water partition coefficient (Wildman–Crippen LogP) is 4.13. The molecule has 0 bridgehead atoms. The van der Waals surface area contributed by atoms with E-state index >= 15 is 0 Å². The number of aromatic nitrogens is 2. The number of nitrogens with zero attached hydrogens (tertiary/aromatic N) is 3. The molecule has 0 amide bonds. The van der Waals surface area contributed by atoms with Crippen LogP contribution in [0.25, 0.3) is 11.4 Å². The van der Waals surface area contributed by atoms with Crippen LogP contribution in [-0.4, -0.2) is 33.0 Å². The highest BCUT2D eigenvalue weighted by atomic mass is 35.5. The monoisotopic (exact) mass is 401 g/mol. The summed E-state index contributed by atoms with van der Waals surface area (Å²) in [6.07, 6.45) is -0.482. The molecular formula is C19H13ClFN3O4. The maximum Gasteiger partial charge on any atom is 0.335 e. The fraction of sp³-hybridized carbons (Fsp3) is 0.158. The molecular weight excluding hydrogens is 389 g/mol. The van der Waals surface area contributed by atoms with Crippen LogP contribution in [-0.2, 0) is 4.84 Å². The van der Waals surface area contributed by atoms with Crippen LogP contribution in [0.15, 0.2) is 52.1 Å². The Bertz CT molecular complexity index is 1080. The van der Waals surface area contributed by atoms with Crippen LogP contribution in [0.2, 0.25) is 5.02 Å². The number of carbonyl (C=O) groups is 1.